The van der Waals surface area contributed by atoms with E-state index in [0.29, 0.717) is 22.7 Å². The summed E-state index contributed by atoms with van der Waals surface area (Å²) in [4.78, 5) is 27.1. The van der Waals surface area contributed by atoms with Gasteiger partial charge in [-0.05, 0) is 56.2 Å². The quantitative estimate of drug-likeness (QED) is 0.376. The lowest BCUT2D eigenvalue weighted by Crippen LogP contribution is -2.23. The average Bonchev–Trinajstić information content (AvgIpc) is 2.81. The van der Waals surface area contributed by atoms with Gasteiger partial charge in [-0.25, -0.2) is 14.4 Å². The molecule has 1 aromatic carbocycles. The molecule has 35 heavy (non-hydrogen) atoms. The Labute approximate surface area is 204 Å². The molecule has 0 fully saturated rings. The summed E-state index contributed by atoms with van der Waals surface area (Å²) in [5.41, 5.74) is 4.68. The van der Waals surface area contributed by atoms with Crippen LogP contribution in [0.1, 0.15) is 49.0 Å². The maximum Gasteiger partial charge on any atom is 0.261 e. The van der Waals surface area contributed by atoms with E-state index >= 15 is 0 Å². The Morgan fingerprint density at radius 1 is 1.00 bits per heavy atom. The first-order valence-electron chi connectivity index (χ1n) is 11.5. The molecule has 0 bridgehead atoms. The van der Waals surface area contributed by atoms with Crippen LogP contribution in [0.25, 0.3) is 17.1 Å². The van der Waals surface area contributed by atoms with Crippen LogP contribution in [0, 0.1) is 26.6 Å². The van der Waals surface area contributed by atoms with Crippen LogP contribution in [-0.2, 0) is 12.0 Å². The van der Waals surface area contributed by atoms with Crippen molar-refractivity contribution in [3.63, 3.8) is 0 Å². The number of aryl methyl sites for hydroxylation is 2. The molecule has 0 saturated heterocycles. The Balaban J connectivity index is 1.70. The Hall–Kier alpha value is -3.87. The molecule has 7 heteroatoms. The summed E-state index contributed by atoms with van der Waals surface area (Å²) in [5.74, 6) is 0.938. The third kappa shape index (κ3) is 5.14. The van der Waals surface area contributed by atoms with Gasteiger partial charge < -0.3 is 4.74 Å². The Bertz CT molecular complexity index is 1440. The fraction of sp³-hybridized carbons (Fsp3) is 0.286. The molecule has 4 aromatic rings. The Morgan fingerprint density at radius 3 is 2.40 bits per heavy atom. The monoisotopic (exact) mass is 472 g/mol. The van der Waals surface area contributed by atoms with E-state index in [1.807, 2.05) is 32.2 Å². The van der Waals surface area contributed by atoms with Gasteiger partial charge in [0.05, 0.1) is 22.6 Å². The number of hydrogen-bond donors (Lipinski definition) is 0. The number of nitrogens with zero attached hydrogens (tertiary/aromatic N) is 4. The highest BCUT2D eigenvalue weighted by Gasteiger charge is 2.20. The lowest BCUT2D eigenvalue weighted by molar-refractivity contribution is 0.302. The Morgan fingerprint density at radius 2 is 1.71 bits per heavy atom. The topological polar surface area (TPSA) is 69.9 Å². The molecule has 0 spiro atoms. The van der Waals surface area contributed by atoms with Crippen molar-refractivity contribution in [2.75, 3.05) is 0 Å². The number of halogens is 1. The minimum Gasteiger partial charge on any atom is -0.488 e. The first-order chi connectivity index (χ1) is 16.5. The lowest BCUT2D eigenvalue weighted by atomic mass is 9.95. The summed E-state index contributed by atoms with van der Waals surface area (Å²) in [7, 11) is 0. The van der Waals surface area contributed by atoms with Gasteiger partial charge in [0.2, 0.25) is 0 Å². The molecule has 0 saturated carbocycles. The summed E-state index contributed by atoms with van der Waals surface area (Å²) >= 11 is 0. The molecular formula is C28H29FN4O2. The summed E-state index contributed by atoms with van der Waals surface area (Å²) < 4.78 is 20.7. The van der Waals surface area contributed by atoms with Crippen molar-refractivity contribution in [2.24, 2.45) is 0 Å². The standard InChI is InChI=1S/C28H29FN4O2/c1-17-15-31-27(28(4,5)6)32-25(17)23-14-22(11-12-30-23)33-18(2)13-24(19(3)26(33)34)35-16-20-7-9-21(29)10-8-20/h7-15H,16H2,1-6H3. The van der Waals surface area contributed by atoms with Crippen LogP contribution in [0.4, 0.5) is 4.39 Å². The van der Waals surface area contributed by atoms with Gasteiger partial charge in [-0.2, -0.15) is 0 Å². The first kappa shape index (κ1) is 24.3. The second-order valence-electron chi connectivity index (χ2n) is 9.71. The highest BCUT2D eigenvalue weighted by atomic mass is 19.1. The number of ether oxygens (including phenoxy) is 1. The van der Waals surface area contributed by atoms with E-state index in [9.17, 15) is 9.18 Å². The third-order valence-electron chi connectivity index (χ3n) is 5.78. The average molecular weight is 473 g/mol. The van der Waals surface area contributed by atoms with Crippen LogP contribution < -0.4 is 10.3 Å². The zero-order chi connectivity index (χ0) is 25.3. The summed E-state index contributed by atoms with van der Waals surface area (Å²) in [6, 6.07) is 11.6. The molecule has 0 N–H and O–H groups in total. The van der Waals surface area contributed by atoms with E-state index in [0.717, 1.165) is 28.3 Å². The van der Waals surface area contributed by atoms with E-state index in [1.165, 1.54) is 12.1 Å². The third-order valence-corrected chi connectivity index (χ3v) is 5.78. The molecule has 3 aromatic heterocycles. The van der Waals surface area contributed by atoms with Crippen molar-refractivity contribution in [1.29, 1.82) is 0 Å². The molecule has 0 radical (unpaired) electrons. The maximum atomic E-state index is 13.4. The predicted octanol–water partition coefficient (Wildman–Crippen LogP) is 5.63. The van der Waals surface area contributed by atoms with Gasteiger partial charge in [0.15, 0.2) is 0 Å². The summed E-state index contributed by atoms with van der Waals surface area (Å²) in [6.45, 7) is 12.0. The van der Waals surface area contributed by atoms with E-state index in [1.54, 1.807) is 35.9 Å². The van der Waals surface area contributed by atoms with Crippen molar-refractivity contribution in [3.8, 4) is 22.8 Å². The van der Waals surface area contributed by atoms with Gasteiger partial charge in [-0.15, -0.1) is 0 Å². The zero-order valence-electron chi connectivity index (χ0n) is 20.9. The molecule has 0 unspecified atom stereocenters. The van der Waals surface area contributed by atoms with Crippen LogP contribution in [0.15, 0.2) is 59.7 Å². The largest absolute Gasteiger partial charge is 0.488 e. The maximum absolute atomic E-state index is 13.4. The normalized spacial score (nSPS) is 11.5. The summed E-state index contributed by atoms with van der Waals surface area (Å²) in [6.07, 6.45) is 3.50. The fourth-order valence-corrected chi connectivity index (χ4v) is 3.76. The number of rotatable bonds is 5. The highest BCUT2D eigenvalue weighted by molar-refractivity contribution is 5.61. The first-order valence-corrected chi connectivity index (χ1v) is 11.5. The highest BCUT2D eigenvalue weighted by Crippen LogP contribution is 2.26. The van der Waals surface area contributed by atoms with Crippen molar-refractivity contribution >= 4 is 0 Å². The number of pyridine rings is 2. The van der Waals surface area contributed by atoms with Crippen LogP contribution in [0.2, 0.25) is 0 Å². The second-order valence-corrected chi connectivity index (χ2v) is 9.71. The van der Waals surface area contributed by atoms with Crippen LogP contribution in [0.5, 0.6) is 5.75 Å². The van der Waals surface area contributed by atoms with Crippen molar-refractivity contribution in [3.05, 3.63) is 99.2 Å². The van der Waals surface area contributed by atoms with Crippen molar-refractivity contribution in [1.82, 2.24) is 19.5 Å². The fourth-order valence-electron chi connectivity index (χ4n) is 3.76. The molecule has 6 nitrogen and oxygen atoms in total. The van der Waals surface area contributed by atoms with Gasteiger partial charge in [0, 0.05) is 29.6 Å². The van der Waals surface area contributed by atoms with Gasteiger partial charge in [-0.1, -0.05) is 32.9 Å². The molecule has 0 amide bonds. The smallest absolute Gasteiger partial charge is 0.261 e. The number of benzene rings is 1. The predicted molar refractivity (Wildman–Crippen MR) is 135 cm³/mol. The van der Waals surface area contributed by atoms with E-state index < -0.39 is 0 Å². The number of hydrogen-bond acceptors (Lipinski definition) is 5. The molecule has 0 aliphatic rings. The molecule has 4 rings (SSSR count). The zero-order valence-corrected chi connectivity index (χ0v) is 20.9. The molecular weight excluding hydrogens is 443 g/mol. The molecule has 3 heterocycles. The van der Waals surface area contributed by atoms with E-state index in [2.05, 4.69) is 30.7 Å². The molecule has 0 aliphatic heterocycles. The number of aromatic nitrogens is 4. The van der Waals surface area contributed by atoms with Crippen molar-refractivity contribution < 1.29 is 9.13 Å². The van der Waals surface area contributed by atoms with E-state index in [-0.39, 0.29) is 23.4 Å². The van der Waals surface area contributed by atoms with E-state index in [4.69, 9.17) is 9.72 Å². The van der Waals surface area contributed by atoms with Crippen LogP contribution in [0.3, 0.4) is 0 Å². The Kier molecular flexibility index (Phi) is 6.52. The molecule has 0 aliphatic carbocycles. The minimum absolute atomic E-state index is 0.175. The SMILES string of the molecule is Cc1cnc(C(C)(C)C)nc1-c1cc(-n2c(C)cc(OCc3ccc(F)cc3)c(C)c2=O)ccn1. The van der Waals surface area contributed by atoms with Gasteiger partial charge in [0.25, 0.3) is 5.56 Å². The van der Waals surface area contributed by atoms with Gasteiger partial charge >= 0.3 is 0 Å². The minimum atomic E-state index is -0.299. The van der Waals surface area contributed by atoms with Crippen LogP contribution >= 0.6 is 0 Å². The lowest BCUT2D eigenvalue weighted by Gasteiger charge is -2.18. The molecule has 0 atom stereocenters. The van der Waals surface area contributed by atoms with Gasteiger partial charge in [-0.3, -0.25) is 14.3 Å². The van der Waals surface area contributed by atoms with Crippen LogP contribution in [-0.4, -0.2) is 19.5 Å². The second kappa shape index (κ2) is 9.41. The molecule has 180 valence electrons. The summed E-state index contributed by atoms with van der Waals surface area (Å²) in [5, 5.41) is 0. The van der Waals surface area contributed by atoms with Gasteiger partial charge in [0.1, 0.15) is 24.0 Å². The van der Waals surface area contributed by atoms with Crippen molar-refractivity contribution in [2.45, 2.75) is 53.6 Å².